The van der Waals surface area contributed by atoms with E-state index in [4.69, 9.17) is 5.11 Å². The SMILES string of the molecule is CC(C)[C@@H](CO)NS(=O)(=O)c1ccc(CCC(=O)O)cc1. The standard InChI is InChI=1S/C14H21NO5S/c1-10(2)13(9-16)15-21(19,20)12-6-3-11(4-7-12)5-8-14(17)18/h3-4,6-7,10,13,15-16H,5,8-9H2,1-2H3,(H,17,18)/t13-/m1/s1. The highest BCUT2D eigenvalue weighted by atomic mass is 32.2. The van der Waals surface area contributed by atoms with E-state index in [2.05, 4.69) is 4.72 Å². The highest BCUT2D eigenvalue weighted by molar-refractivity contribution is 7.89. The Labute approximate surface area is 124 Å². The average molecular weight is 315 g/mol. The van der Waals surface area contributed by atoms with E-state index in [0.29, 0.717) is 6.42 Å². The second-order valence-electron chi connectivity index (χ2n) is 5.19. The van der Waals surface area contributed by atoms with E-state index in [9.17, 15) is 18.3 Å². The number of aliphatic hydroxyl groups is 1. The minimum Gasteiger partial charge on any atom is -0.481 e. The van der Waals surface area contributed by atoms with Crippen molar-refractivity contribution in [2.75, 3.05) is 6.61 Å². The summed E-state index contributed by atoms with van der Waals surface area (Å²) in [5.74, 6) is -0.921. The van der Waals surface area contributed by atoms with Crippen LogP contribution in [0.25, 0.3) is 0 Å². The maximum absolute atomic E-state index is 12.2. The summed E-state index contributed by atoms with van der Waals surface area (Å²) >= 11 is 0. The molecule has 0 aliphatic heterocycles. The van der Waals surface area contributed by atoms with E-state index in [-0.39, 0.29) is 23.8 Å². The van der Waals surface area contributed by atoms with Crippen LogP contribution in [0.3, 0.4) is 0 Å². The molecule has 0 radical (unpaired) electrons. The summed E-state index contributed by atoms with van der Waals surface area (Å²) in [6.45, 7) is 3.37. The molecule has 0 unspecified atom stereocenters. The van der Waals surface area contributed by atoms with E-state index < -0.39 is 22.0 Å². The van der Waals surface area contributed by atoms with E-state index in [1.165, 1.54) is 12.1 Å². The maximum Gasteiger partial charge on any atom is 0.303 e. The lowest BCUT2D eigenvalue weighted by Crippen LogP contribution is -2.41. The Balaban J connectivity index is 2.82. The molecule has 1 atom stereocenters. The third kappa shape index (κ3) is 5.45. The molecule has 0 aliphatic rings. The Bertz CT molecular complexity index is 566. The van der Waals surface area contributed by atoms with Crippen LogP contribution in [0.2, 0.25) is 0 Å². The number of sulfonamides is 1. The first kappa shape index (κ1) is 17.6. The summed E-state index contributed by atoms with van der Waals surface area (Å²) in [5.41, 5.74) is 0.763. The minimum absolute atomic E-state index is 0.00425. The van der Waals surface area contributed by atoms with Gasteiger partial charge in [-0.1, -0.05) is 26.0 Å². The molecular weight excluding hydrogens is 294 g/mol. The van der Waals surface area contributed by atoms with Gasteiger partial charge in [0.15, 0.2) is 0 Å². The van der Waals surface area contributed by atoms with Crippen LogP contribution >= 0.6 is 0 Å². The van der Waals surface area contributed by atoms with Crippen LogP contribution in [0, 0.1) is 5.92 Å². The maximum atomic E-state index is 12.2. The highest BCUT2D eigenvalue weighted by Gasteiger charge is 2.21. The second-order valence-corrected chi connectivity index (χ2v) is 6.91. The summed E-state index contributed by atoms with van der Waals surface area (Å²) in [7, 11) is -3.69. The number of carboxylic acid groups (broad SMARTS) is 1. The zero-order chi connectivity index (χ0) is 16.0. The molecule has 0 heterocycles. The number of nitrogens with one attached hydrogen (secondary N) is 1. The number of aryl methyl sites for hydroxylation is 1. The molecule has 1 aromatic carbocycles. The van der Waals surface area contributed by atoms with Gasteiger partial charge in [0.05, 0.1) is 11.5 Å². The van der Waals surface area contributed by atoms with Gasteiger partial charge in [0.25, 0.3) is 0 Å². The fourth-order valence-corrected chi connectivity index (χ4v) is 3.11. The van der Waals surface area contributed by atoms with Gasteiger partial charge in [-0.05, 0) is 30.0 Å². The molecule has 21 heavy (non-hydrogen) atoms. The first-order chi connectivity index (χ1) is 9.76. The third-order valence-electron chi connectivity index (χ3n) is 3.17. The Morgan fingerprint density at radius 2 is 1.81 bits per heavy atom. The molecule has 118 valence electrons. The molecule has 0 fully saturated rings. The van der Waals surface area contributed by atoms with Gasteiger partial charge in [-0.15, -0.1) is 0 Å². The van der Waals surface area contributed by atoms with Crippen LogP contribution in [0.5, 0.6) is 0 Å². The van der Waals surface area contributed by atoms with Crippen molar-refractivity contribution in [1.82, 2.24) is 4.72 Å². The van der Waals surface area contributed by atoms with Gasteiger partial charge >= 0.3 is 5.97 Å². The van der Waals surface area contributed by atoms with E-state index in [1.54, 1.807) is 12.1 Å². The van der Waals surface area contributed by atoms with Crippen LogP contribution < -0.4 is 4.72 Å². The molecular formula is C14H21NO5S. The molecule has 1 aromatic rings. The number of carboxylic acids is 1. The average Bonchev–Trinajstić information content (AvgIpc) is 2.42. The zero-order valence-corrected chi connectivity index (χ0v) is 12.9. The molecule has 3 N–H and O–H groups in total. The lowest BCUT2D eigenvalue weighted by molar-refractivity contribution is -0.136. The topological polar surface area (TPSA) is 104 Å². The lowest BCUT2D eigenvalue weighted by Gasteiger charge is -2.19. The summed E-state index contributed by atoms with van der Waals surface area (Å²) in [6, 6.07) is 5.53. The van der Waals surface area contributed by atoms with Crippen LogP contribution in [0.4, 0.5) is 0 Å². The zero-order valence-electron chi connectivity index (χ0n) is 12.1. The third-order valence-corrected chi connectivity index (χ3v) is 4.67. The van der Waals surface area contributed by atoms with Crippen LogP contribution in [0.15, 0.2) is 29.2 Å². The molecule has 7 heteroatoms. The molecule has 0 bridgehead atoms. The largest absolute Gasteiger partial charge is 0.481 e. The molecule has 0 saturated heterocycles. The Morgan fingerprint density at radius 3 is 2.24 bits per heavy atom. The molecule has 0 spiro atoms. The summed E-state index contributed by atoms with van der Waals surface area (Å²) in [4.78, 5) is 10.6. The Morgan fingerprint density at radius 1 is 1.24 bits per heavy atom. The van der Waals surface area contributed by atoms with Gasteiger partial charge in [0.2, 0.25) is 10.0 Å². The van der Waals surface area contributed by atoms with Gasteiger partial charge in [-0.2, -0.15) is 0 Å². The number of hydrogen-bond donors (Lipinski definition) is 3. The van der Waals surface area contributed by atoms with Crippen LogP contribution in [-0.2, 0) is 21.2 Å². The second kappa shape index (κ2) is 7.53. The van der Waals surface area contributed by atoms with Gasteiger partial charge in [0.1, 0.15) is 0 Å². The van der Waals surface area contributed by atoms with Crippen molar-refractivity contribution in [2.45, 2.75) is 37.6 Å². The highest BCUT2D eigenvalue weighted by Crippen LogP contribution is 2.14. The van der Waals surface area contributed by atoms with E-state index in [0.717, 1.165) is 5.56 Å². The number of hydrogen-bond acceptors (Lipinski definition) is 4. The first-order valence-corrected chi connectivity index (χ1v) is 8.18. The van der Waals surface area contributed by atoms with Gasteiger partial charge < -0.3 is 10.2 Å². The fraction of sp³-hybridized carbons (Fsp3) is 0.500. The molecule has 0 aromatic heterocycles. The normalized spacial score (nSPS) is 13.3. The molecule has 1 rings (SSSR count). The fourth-order valence-electron chi connectivity index (χ4n) is 1.74. The van der Waals surface area contributed by atoms with E-state index >= 15 is 0 Å². The number of carbonyl (C=O) groups is 1. The summed E-state index contributed by atoms with van der Waals surface area (Å²) in [5, 5.41) is 17.8. The summed E-state index contributed by atoms with van der Waals surface area (Å²) < 4.78 is 26.8. The quantitative estimate of drug-likeness (QED) is 0.664. The molecule has 0 amide bonds. The molecule has 0 saturated carbocycles. The number of aliphatic hydroxyl groups excluding tert-OH is 1. The van der Waals surface area contributed by atoms with Gasteiger partial charge in [0, 0.05) is 12.5 Å². The van der Waals surface area contributed by atoms with Crippen molar-refractivity contribution in [3.63, 3.8) is 0 Å². The Hall–Kier alpha value is -1.44. The van der Waals surface area contributed by atoms with Crippen molar-refractivity contribution in [1.29, 1.82) is 0 Å². The predicted octanol–water partition coefficient (Wildman–Crippen LogP) is 0.999. The number of aliphatic carboxylic acids is 1. The van der Waals surface area contributed by atoms with Crippen molar-refractivity contribution in [3.05, 3.63) is 29.8 Å². The number of benzene rings is 1. The Kier molecular flexibility index (Phi) is 6.32. The van der Waals surface area contributed by atoms with Gasteiger partial charge in [-0.25, -0.2) is 13.1 Å². The van der Waals surface area contributed by atoms with Crippen molar-refractivity contribution in [2.24, 2.45) is 5.92 Å². The predicted molar refractivity (Wildman–Crippen MR) is 78.4 cm³/mol. The van der Waals surface area contributed by atoms with Crippen molar-refractivity contribution in [3.8, 4) is 0 Å². The van der Waals surface area contributed by atoms with Crippen molar-refractivity contribution >= 4 is 16.0 Å². The lowest BCUT2D eigenvalue weighted by atomic mass is 10.1. The monoisotopic (exact) mass is 315 g/mol. The van der Waals surface area contributed by atoms with Gasteiger partial charge in [-0.3, -0.25) is 4.79 Å². The van der Waals surface area contributed by atoms with Crippen molar-refractivity contribution < 1.29 is 23.4 Å². The smallest absolute Gasteiger partial charge is 0.303 e. The number of rotatable bonds is 8. The van der Waals surface area contributed by atoms with E-state index in [1.807, 2.05) is 13.8 Å². The van der Waals surface area contributed by atoms with Crippen LogP contribution in [-0.4, -0.2) is 37.2 Å². The van der Waals surface area contributed by atoms with Crippen LogP contribution in [0.1, 0.15) is 25.8 Å². The molecule has 6 nitrogen and oxygen atoms in total. The minimum atomic E-state index is -3.69. The summed E-state index contributed by atoms with van der Waals surface area (Å²) in [6.07, 6.45) is 0.360. The first-order valence-electron chi connectivity index (χ1n) is 6.70. The molecule has 0 aliphatic carbocycles.